The first-order chi connectivity index (χ1) is 18.7. The summed E-state index contributed by atoms with van der Waals surface area (Å²) in [5.74, 6) is -0.959. The number of rotatable bonds is 5. The third-order valence-corrected chi connectivity index (χ3v) is 7.07. The molecule has 2 atom stereocenters. The summed E-state index contributed by atoms with van der Waals surface area (Å²) in [4.78, 5) is 36.1. The number of amides is 1. The van der Waals surface area contributed by atoms with Gasteiger partial charge in [0.1, 0.15) is 17.6 Å². The van der Waals surface area contributed by atoms with E-state index in [-0.39, 0.29) is 34.9 Å². The molecule has 1 aromatic heterocycles. The van der Waals surface area contributed by atoms with Crippen LogP contribution >= 0.6 is 0 Å². The van der Waals surface area contributed by atoms with Crippen LogP contribution in [0.4, 0.5) is 5.95 Å². The molecule has 9 heteroatoms. The van der Waals surface area contributed by atoms with Crippen LogP contribution in [0, 0.1) is 6.92 Å². The van der Waals surface area contributed by atoms with Crippen LogP contribution in [0.5, 0.6) is 17.2 Å². The molecule has 198 valence electrons. The second-order valence-corrected chi connectivity index (χ2v) is 9.87. The van der Waals surface area contributed by atoms with Gasteiger partial charge in [0.25, 0.3) is 5.78 Å². The number of phenols is 1. The Bertz CT molecular complexity index is 1690. The molecule has 2 unspecified atom stereocenters. The summed E-state index contributed by atoms with van der Waals surface area (Å²) in [6.45, 7) is 5.99. The fourth-order valence-electron chi connectivity index (χ4n) is 5.29. The number of anilines is 1. The van der Waals surface area contributed by atoms with Crippen LogP contribution in [-0.4, -0.2) is 44.6 Å². The quantitative estimate of drug-likeness (QED) is 0.192. The Balaban J connectivity index is 1.55. The molecule has 4 aromatic rings. The Hall–Kier alpha value is -4.79. The van der Waals surface area contributed by atoms with Crippen molar-refractivity contribution in [2.45, 2.75) is 39.3 Å². The van der Waals surface area contributed by atoms with Gasteiger partial charge >= 0.3 is 5.91 Å². The van der Waals surface area contributed by atoms with E-state index in [1.165, 1.54) is 11.0 Å². The molecule has 2 aliphatic heterocycles. The number of hydrogen-bond acceptors (Lipinski definition) is 7. The molecule has 2 aliphatic rings. The second-order valence-electron chi connectivity index (χ2n) is 9.87. The number of aromatic amines is 1. The first-order valence-electron chi connectivity index (χ1n) is 12.8. The molecule has 1 fully saturated rings. The number of nitrogens with one attached hydrogen (secondary N) is 1. The molecule has 0 radical (unpaired) electrons. The molecular formula is C30H27N3O6. The summed E-state index contributed by atoms with van der Waals surface area (Å²) in [5.41, 5.74) is 4.03. The number of imidazole rings is 1. The summed E-state index contributed by atoms with van der Waals surface area (Å²) in [6, 6.07) is 14.4. The molecule has 39 heavy (non-hydrogen) atoms. The van der Waals surface area contributed by atoms with Crippen LogP contribution in [0.3, 0.4) is 0 Å². The molecule has 0 saturated carbocycles. The summed E-state index contributed by atoms with van der Waals surface area (Å²) >= 11 is 0. The van der Waals surface area contributed by atoms with E-state index in [0.717, 1.165) is 16.9 Å². The fourth-order valence-corrected chi connectivity index (χ4v) is 5.29. The number of benzene rings is 3. The highest BCUT2D eigenvalue weighted by Crippen LogP contribution is 2.44. The lowest BCUT2D eigenvalue weighted by Gasteiger charge is -2.23. The van der Waals surface area contributed by atoms with Crippen molar-refractivity contribution in [2.75, 3.05) is 11.5 Å². The lowest BCUT2D eigenvalue weighted by Crippen LogP contribution is -2.30. The van der Waals surface area contributed by atoms with Gasteiger partial charge in [0.05, 0.1) is 29.3 Å². The Kier molecular flexibility index (Phi) is 5.79. The summed E-state index contributed by atoms with van der Waals surface area (Å²) in [6.07, 6.45) is 0.677. The van der Waals surface area contributed by atoms with E-state index < -0.39 is 17.7 Å². The maximum Gasteiger partial charge on any atom is 0.302 e. The molecule has 3 N–H and O–H groups in total. The average Bonchev–Trinajstić information content (AvgIpc) is 3.57. The maximum atomic E-state index is 13.6. The monoisotopic (exact) mass is 525 g/mol. The molecule has 3 heterocycles. The van der Waals surface area contributed by atoms with E-state index in [9.17, 15) is 19.8 Å². The van der Waals surface area contributed by atoms with Gasteiger partial charge in [-0.2, -0.15) is 0 Å². The van der Waals surface area contributed by atoms with Crippen LogP contribution in [0.15, 0.2) is 60.2 Å². The standard InChI is InChI=1S/C30H27N3O6/c1-4-38-24-14-17(6-9-22(24)34)26-25(27(35)18-7-10-23-19(13-18)12-16(3)39-23)28(36)29(37)33(26)30-31-20-8-5-15(2)11-21(20)32-30/h5-11,13-14,16,26,34-35H,4,12H2,1-3H3,(H,31,32)/b27-25+. The number of H-pyrrole nitrogens is 1. The van der Waals surface area contributed by atoms with Gasteiger partial charge in [0.2, 0.25) is 5.95 Å². The van der Waals surface area contributed by atoms with Crippen molar-refractivity contribution in [1.82, 2.24) is 9.97 Å². The van der Waals surface area contributed by atoms with Crippen molar-refractivity contribution in [3.63, 3.8) is 0 Å². The molecule has 0 aliphatic carbocycles. The first kappa shape index (κ1) is 24.5. The molecule has 9 nitrogen and oxygen atoms in total. The second kappa shape index (κ2) is 9.20. The van der Waals surface area contributed by atoms with Crippen molar-refractivity contribution in [1.29, 1.82) is 0 Å². The zero-order valence-electron chi connectivity index (χ0n) is 21.7. The Morgan fingerprint density at radius 1 is 1.15 bits per heavy atom. The number of aryl methyl sites for hydroxylation is 1. The number of ether oxygens (including phenoxy) is 2. The van der Waals surface area contributed by atoms with Gasteiger partial charge in [-0.05, 0) is 79.9 Å². The van der Waals surface area contributed by atoms with E-state index >= 15 is 0 Å². The predicted molar refractivity (Wildman–Crippen MR) is 145 cm³/mol. The summed E-state index contributed by atoms with van der Waals surface area (Å²) in [7, 11) is 0. The number of aromatic nitrogens is 2. The van der Waals surface area contributed by atoms with E-state index in [2.05, 4.69) is 9.97 Å². The highest BCUT2D eigenvalue weighted by atomic mass is 16.5. The van der Waals surface area contributed by atoms with Gasteiger partial charge in [-0.25, -0.2) is 4.98 Å². The first-order valence-corrected chi connectivity index (χ1v) is 12.8. The number of nitrogens with zero attached hydrogens (tertiary/aromatic N) is 2. The molecule has 0 spiro atoms. The summed E-state index contributed by atoms with van der Waals surface area (Å²) in [5, 5.41) is 21.9. The lowest BCUT2D eigenvalue weighted by molar-refractivity contribution is -0.132. The summed E-state index contributed by atoms with van der Waals surface area (Å²) < 4.78 is 11.4. The van der Waals surface area contributed by atoms with Crippen LogP contribution in [0.2, 0.25) is 0 Å². The fraction of sp³-hybridized carbons (Fsp3) is 0.233. The van der Waals surface area contributed by atoms with Crippen LogP contribution in [0.1, 0.15) is 42.1 Å². The van der Waals surface area contributed by atoms with Gasteiger partial charge in [-0.1, -0.05) is 12.1 Å². The van der Waals surface area contributed by atoms with Crippen molar-refractivity contribution in [3.05, 3.63) is 82.4 Å². The molecule has 1 saturated heterocycles. The minimum absolute atomic E-state index is 0.00804. The molecule has 1 amide bonds. The maximum absolute atomic E-state index is 13.6. The van der Waals surface area contributed by atoms with Crippen LogP contribution in [-0.2, 0) is 16.0 Å². The number of aromatic hydroxyl groups is 1. The smallest absolute Gasteiger partial charge is 0.302 e. The van der Waals surface area contributed by atoms with Gasteiger partial charge < -0.3 is 24.7 Å². The average molecular weight is 526 g/mol. The van der Waals surface area contributed by atoms with Gasteiger partial charge in [-0.3, -0.25) is 14.5 Å². The largest absolute Gasteiger partial charge is 0.507 e. The Morgan fingerprint density at radius 2 is 1.97 bits per heavy atom. The number of ketones is 1. The normalized spacial score (nSPS) is 19.9. The number of phenolic OH excluding ortho intramolecular Hbond substituents is 1. The van der Waals surface area contributed by atoms with Gasteiger partial charge in [-0.15, -0.1) is 0 Å². The van der Waals surface area contributed by atoms with Crippen molar-refractivity contribution >= 4 is 34.4 Å². The highest BCUT2D eigenvalue weighted by molar-refractivity contribution is 6.51. The van der Waals surface area contributed by atoms with E-state index in [4.69, 9.17) is 9.47 Å². The molecule has 3 aromatic carbocycles. The number of fused-ring (bicyclic) bond motifs is 2. The highest BCUT2D eigenvalue weighted by Gasteiger charge is 2.48. The van der Waals surface area contributed by atoms with Crippen molar-refractivity contribution < 1.29 is 29.3 Å². The topological polar surface area (TPSA) is 125 Å². The van der Waals surface area contributed by atoms with Gasteiger partial charge in [0.15, 0.2) is 11.5 Å². The van der Waals surface area contributed by atoms with Crippen molar-refractivity contribution in [2.24, 2.45) is 0 Å². The number of aliphatic hydroxyl groups excluding tert-OH is 1. The predicted octanol–water partition coefficient (Wildman–Crippen LogP) is 4.93. The zero-order valence-corrected chi connectivity index (χ0v) is 21.7. The van der Waals surface area contributed by atoms with E-state index in [1.54, 1.807) is 37.3 Å². The number of hydrogen-bond donors (Lipinski definition) is 3. The SMILES string of the molecule is CCOc1cc(C2/C(=C(\O)c3ccc4c(c3)CC(C)O4)C(=O)C(=O)N2c2nc3ccc(C)cc3[nH]2)ccc1O. The zero-order chi connectivity index (χ0) is 27.4. The van der Waals surface area contributed by atoms with Crippen LogP contribution < -0.4 is 14.4 Å². The third-order valence-electron chi connectivity index (χ3n) is 7.07. The minimum atomic E-state index is -1.03. The van der Waals surface area contributed by atoms with E-state index in [0.29, 0.717) is 35.2 Å². The van der Waals surface area contributed by atoms with Crippen LogP contribution in [0.25, 0.3) is 16.8 Å². The number of carbonyl (C=O) groups excluding carboxylic acids is 2. The van der Waals surface area contributed by atoms with E-state index in [1.807, 2.05) is 32.0 Å². The third kappa shape index (κ3) is 4.06. The number of carbonyl (C=O) groups is 2. The minimum Gasteiger partial charge on any atom is -0.507 e. The molecule has 0 bridgehead atoms. The molecule has 6 rings (SSSR count). The number of Topliss-reactive ketones (excluding diaryl/α,β-unsaturated/α-hetero) is 1. The molecular weight excluding hydrogens is 498 g/mol. The lowest BCUT2D eigenvalue weighted by atomic mass is 9.94. The van der Waals surface area contributed by atoms with Crippen molar-refractivity contribution in [3.8, 4) is 17.2 Å². The Labute approximate surface area is 224 Å². The van der Waals surface area contributed by atoms with Gasteiger partial charge in [0, 0.05) is 12.0 Å². The number of aliphatic hydroxyl groups is 1. The Morgan fingerprint density at radius 3 is 2.77 bits per heavy atom.